The van der Waals surface area contributed by atoms with E-state index in [0.29, 0.717) is 29.4 Å². The minimum Gasteiger partial charge on any atom is -0.454 e. The Balaban J connectivity index is 1.40. The molecule has 0 aromatic heterocycles. The number of rotatable bonds is 3. The fraction of sp³-hybridized carbons (Fsp3) is 0.364. The lowest BCUT2D eigenvalue weighted by Crippen LogP contribution is -2.35. The summed E-state index contributed by atoms with van der Waals surface area (Å²) in [7, 11) is -3.84. The fourth-order valence-electron chi connectivity index (χ4n) is 4.17. The highest BCUT2D eigenvalue weighted by Crippen LogP contribution is 2.36. The van der Waals surface area contributed by atoms with Crippen LogP contribution >= 0.6 is 0 Å². The molecule has 5 rings (SSSR count). The molecule has 0 spiro atoms. The lowest BCUT2D eigenvalue weighted by atomic mass is 10.1. The Labute approximate surface area is 180 Å². The topological polar surface area (TPSA) is 97.3 Å². The van der Waals surface area contributed by atoms with E-state index in [2.05, 4.69) is 9.71 Å². The molecule has 0 unspecified atom stereocenters. The van der Waals surface area contributed by atoms with Gasteiger partial charge in [-0.3, -0.25) is 4.79 Å². The van der Waals surface area contributed by atoms with Crippen LogP contribution in [0.2, 0.25) is 0 Å². The number of nitrogens with zero attached hydrogens (tertiary/aromatic N) is 2. The SMILES string of the molecule is C[C@H](NC(=O)c1ccc2c(c1)S(=O)(=O)N=C1CCCCCN12)c1ccc2c(c1)OCO2. The van der Waals surface area contributed by atoms with Gasteiger partial charge in [-0.2, -0.15) is 8.42 Å². The highest BCUT2D eigenvalue weighted by molar-refractivity contribution is 7.90. The van der Waals surface area contributed by atoms with Gasteiger partial charge in [0.15, 0.2) is 11.5 Å². The maximum absolute atomic E-state index is 12.9. The molecule has 0 saturated carbocycles. The van der Waals surface area contributed by atoms with Crippen molar-refractivity contribution in [3.05, 3.63) is 47.5 Å². The number of anilines is 1. The molecule has 1 atom stereocenters. The molecule has 8 nitrogen and oxygen atoms in total. The molecule has 1 amide bonds. The van der Waals surface area contributed by atoms with Crippen LogP contribution in [0.25, 0.3) is 0 Å². The molecule has 1 saturated heterocycles. The number of nitrogens with one attached hydrogen (secondary N) is 1. The maximum Gasteiger partial charge on any atom is 0.286 e. The first-order chi connectivity index (χ1) is 14.9. The molecule has 0 radical (unpaired) electrons. The quantitative estimate of drug-likeness (QED) is 0.784. The highest BCUT2D eigenvalue weighted by Gasteiger charge is 2.32. The number of benzene rings is 2. The van der Waals surface area contributed by atoms with Crippen molar-refractivity contribution in [3.8, 4) is 11.5 Å². The number of amides is 1. The smallest absolute Gasteiger partial charge is 0.286 e. The summed E-state index contributed by atoms with van der Waals surface area (Å²) in [6.07, 6.45) is 3.60. The average Bonchev–Trinajstić information content (AvgIpc) is 3.10. The first-order valence-corrected chi connectivity index (χ1v) is 11.8. The fourth-order valence-corrected chi connectivity index (χ4v) is 5.45. The van der Waals surface area contributed by atoms with Gasteiger partial charge in [-0.15, -0.1) is 4.40 Å². The highest BCUT2D eigenvalue weighted by atomic mass is 32.2. The lowest BCUT2D eigenvalue weighted by molar-refractivity contribution is 0.0939. The molecule has 2 aromatic carbocycles. The molecule has 1 fully saturated rings. The molecule has 9 heteroatoms. The van der Waals surface area contributed by atoms with Crippen LogP contribution in [0, 0.1) is 0 Å². The third-order valence-corrected chi connectivity index (χ3v) is 7.19. The Kier molecular flexibility index (Phi) is 4.85. The molecule has 1 N–H and O–H groups in total. The van der Waals surface area contributed by atoms with E-state index in [0.717, 1.165) is 31.4 Å². The number of hydrogen-bond donors (Lipinski definition) is 1. The van der Waals surface area contributed by atoms with Crippen molar-refractivity contribution in [2.75, 3.05) is 18.2 Å². The van der Waals surface area contributed by atoms with Crippen molar-refractivity contribution < 1.29 is 22.7 Å². The summed E-state index contributed by atoms with van der Waals surface area (Å²) in [6, 6.07) is 10.0. The van der Waals surface area contributed by atoms with Gasteiger partial charge in [-0.05, 0) is 55.7 Å². The second kappa shape index (κ2) is 7.56. The zero-order chi connectivity index (χ0) is 21.6. The van der Waals surface area contributed by atoms with Gasteiger partial charge in [-0.25, -0.2) is 0 Å². The zero-order valence-corrected chi connectivity index (χ0v) is 17.9. The second-order valence-electron chi connectivity index (χ2n) is 7.94. The molecule has 2 aromatic rings. The third-order valence-electron chi connectivity index (χ3n) is 5.85. The van der Waals surface area contributed by atoms with Crippen LogP contribution in [0.1, 0.15) is 54.6 Å². The van der Waals surface area contributed by atoms with Gasteiger partial charge in [0, 0.05) is 18.5 Å². The monoisotopic (exact) mass is 441 g/mol. The standard InChI is InChI=1S/C22H23N3O5S/c1-14(15-7-9-18-19(11-15)30-13-29-18)23-22(26)16-6-8-17-20(12-16)31(27,28)24-21-5-3-2-4-10-25(17)21/h6-9,11-12,14H,2-5,10,13H2,1H3,(H,23,26)/t14-/m0/s1. The molecule has 0 aliphatic carbocycles. The summed E-state index contributed by atoms with van der Waals surface area (Å²) < 4.78 is 40.3. The van der Waals surface area contributed by atoms with Crippen LogP contribution in [0.15, 0.2) is 45.7 Å². The molecule has 3 aliphatic heterocycles. The van der Waals surface area contributed by atoms with Crippen LogP contribution in [0.3, 0.4) is 0 Å². The van der Waals surface area contributed by atoms with Crippen LogP contribution < -0.4 is 19.7 Å². The molecular weight excluding hydrogens is 418 g/mol. The minimum atomic E-state index is -3.84. The number of sulfonamides is 1. The summed E-state index contributed by atoms with van der Waals surface area (Å²) >= 11 is 0. The van der Waals surface area contributed by atoms with Crippen LogP contribution in [-0.2, 0) is 10.0 Å². The second-order valence-corrected chi connectivity index (χ2v) is 9.51. The van der Waals surface area contributed by atoms with Crippen molar-refractivity contribution in [2.45, 2.75) is 43.5 Å². The van der Waals surface area contributed by atoms with Crippen LogP contribution in [0.4, 0.5) is 5.69 Å². The Bertz CT molecular complexity index is 1190. The van der Waals surface area contributed by atoms with Crippen molar-refractivity contribution in [1.82, 2.24) is 5.32 Å². The number of ether oxygens (including phenoxy) is 2. The number of hydrogen-bond acceptors (Lipinski definition) is 6. The molecule has 162 valence electrons. The minimum absolute atomic E-state index is 0.0848. The first kappa shape index (κ1) is 19.9. The first-order valence-electron chi connectivity index (χ1n) is 10.4. The Morgan fingerprint density at radius 2 is 1.94 bits per heavy atom. The van der Waals surface area contributed by atoms with Gasteiger partial charge in [0.1, 0.15) is 10.7 Å². The predicted molar refractivity (Wildman–Crippen MR) is 115 cm³/mol. The van der Waals surface area contributed by atoms with Gasteiger partial charge >= 0.3 is 0 Å². The van der Waals surface area contributed by atoms with E-state index in [1.807, 2.05) is 30.0 Å². The summed E-state index contributed by atoms with van der Waals surface area (Å²) in [5.41, 5.74) is 1.75. The van der Waals surface area contributed by atoms with E-state index in [-0.39, 0.29) is 29.2 Å². The van der Waals surface area contributed by atoms with Crippen LogP contribution in [-0.4, -0.2) is 33.5 Å². The van der Waals surface area contributed by atoms with E-state index < -0.39 is 10.0 Å². The number of fused-ring (bicyclic) bond motifs is 4. The summed E-state index contributed by atoms with van der Waals surface area (Å²) in [5.74, 6) is 1.56. The van der Waals surface area contributed by atoms with E-state index in [1.54, 1.807) is 12.1 Å². The maximum atomic E-state index is 12.9. The van der Waals surface area contributed by atoms with Crippen molar-refractivity contribution in [1.29, 1.82) is 0 Å². The molecule has 3 aliphatic rings. The predicted octanol–water partition coefficient (Wildman–Crippen LogP) is 3.39. The molecular formula is C22H23N3O5S. The van der Waals surface area contributed by atoms with Gasteiger partial charge in [-0.1, -0.05) is 12.5 Å². The normalized spacial score (nSPS) is 19.5. The van der Waals surface area contributed by atoms with Gasteiger partial charge in [0.25, 0.3) is 15.9 Å². The summed E-state index contributed by atoms with van der Waals surface area (Å²) in [5, 5.41) is 2.92. The number of carbonyl (C=O) groups is 1. The van der Waals surface area contributed by atoms with E-state index in [9.17, 15) is 13.2 Å². The molecule has 3 heterocycles. The van der Waals surface area contributed by atoms with E-state index in [1.165, 1.54) is 6.07 Å². The summed E-state index contributed by atoms with van der Waals surface area (Å²) in [6.45, 7) is 2.77. The number of carbonyl (C=O) groups excluding carboxylic acids is 1. The van der Waals surface area contributed by atoms with Crippen molar-refractivity contribution >= 4 is 27.5 Å². The Morgan fingerprint density at radius 1 is 1.10 bits per heavy atom. The van der Waals surface area contributed by atoms with Crippen molar-refractivity contribution in [2.24, 2.45) is 4.40 Å². The van der Waals surface area contributed by atoms with E-state index >= 15 is 0 Å². The van der Waals surface area contributed by atoms with E-state index in [4.69, 9.17) is 9.47 Å². The Hall–Kier alpha value is -3.07. The summed E-state index contributed by atoms with van der Waals surface area (Å²) in [4.78, 5) is 14.9. The van der Waals surface area contributed by atoms with Gasteiger partial charge in [0.2, 0.25) is 6.79 Å². The van der Waals surface area contributed by atoms with Crippen molar-refractivity contribution in [3.63, 3.8) is 0 Å². The van der Waals surface area contributed by atoms with Gasteiger partial charge in [0.05, 0.1) is 11.7 Å². The third kappa shape index (κ3) is 3.63. The average molecular weight is 442 g/mol. The Morgan fingerprint density at radius 3 is 2.81 bits per heavy atom. The largest absolute Gasteiger partial charge is 0.454 e. The molecule has 31 heavy (non-hydrogen) atoms. The molecule has 0 bridgehead atoms. The van der Waals surface area contributed by atoms with Gasteiger partial charge < -0.3 is 19.7 Å². The lowest BCUT2D eigenvalue weighted by Gasteiger charge is -2.29. The zero-order valence-electron chi connectivity index (χ0n) is 17.1. The van der Waals surface area contributed by atoms with Crippen LogP contribution in [0.5, 0.6) is 11.5 Å². The number of amidine groups is 1.